The lowest BCUT2D eigenvalue weighted by atomic mass is 10.1. The fraction of sp³-hybridized carbons (Fsp3) is 0.105. The Morgan fingerprint density at radius 2 is 1.81 bits per heavy atom. The first-order valence-electron chi connectivity index (χ1n) is 7.58. The van der Waals surface area contributed by atoms with Crippen molar-refractivity contribution in [2.45, 2.75) is 0 Å². The van der Waals surface area contributed by atoms with Gasteiger partial charge in [0.1, 0.15) is 12.4 Å². The summed E-state index contributed by atoms with van der Waals surface area (Å²) in [5.74, 6) is -0.150. The van der Waals surface area contributed by atoms with Crippen molar-refractivity contribution in [3.05, 3.63) is 86.6 Å². The minimum atomic E-state index is -0.562. The second-order valence-corrected chi connectivity index (χ2v) is 5.52. The van der Waals surface area contributed by atoms with Gasteiger partial charge < -0.3 is 9.47 Å². The van der Waals surface area contributed by atoms with Crippen LogP contribution in [-0.4, -0.2) is 24.6 Å². The Balaban J connectivity index is 2.25. The lowest BCUT2D eigenvalue weighted by molar-refractivity contribution is -0.400. The second-order valence-electron chi connectivity index (χ2n) is 5.11. The van der Waals surface area contributed by atoms with Crippen LogP contribution < -0.4 is 4.74 Å². The molecule has 0 atom stereocenters. The molecule has 0 amide bonds. The minimum absolute atomic E-state index is 0.0821. The maximum atomic E-state index is 12.0. The van der Waals surface area contributed by atoms with E-state index in [4.69, 9.17) is 21.1 Å². The first kappa shape index (κ1) is 19.2. The molecule has 0 N–H and O–H groups in total. The molecule has 2 aromatic rings. The number of halogens is 1. The third-order valence-electron chi connectivity index (χ3n) is 3.36. The quantitative estimate of drug-likeness (QED) is 0.314. The van der Waals surface area contributed by atoms with Crippen molar-refractivity contribution in [3.63, 3.8) is 0 Å². The highest BCUT2D eigenvalue weighted by Gasteiger charge is 2.13. The minimum Gasteiger partial charge on any atom is -0.488 e. The number of carbonyl (C=O) groups excluding carboxylic acids is 1. The summed E-state index contributed by atoms with van der Waals surface area (Å²) in [6, 6.07) is 13.8. The normalized spacial score (nSPS) is 11.4. The monoisotopic (exact) mass is 373 g/mol. The SMILES string of the molecule is COC(=O)/C(=C/c1ccccc1Cl)COc1ccccc1/C=C/[N+](=O)[O-]. The molecule has 0 saturated heterocycles. The fourth-order valence-corrected chi connectivity index (χ4v) is 2.31. The van der Waals surface area contributed by atoms with E-state index in [9.17, 15) is 14.9 Å². The predicted molar refractivity (Wildman–Crippen MR) is 99.4 cm³/mol. The molecule has 0 unspecified atom stereocenters. The molecule has 0 radical (unpaired) electrons. The van der Waals surface area contributed by atoms with Gasteiger partial charge in [-0.2, -0.15) is 0 Å². The van der Waals surface area contributed by atoms with E-state index < -0.39 is 10.9 Å². The summed E-state index contributed by atoms with van der Waals surface area (Å²) in [5.41, 5.74) is 1.43. The van der Waals surface area contributed by atoms with Crippen molar-refractivity contribution in [1.82, 2.24) is 0 Å². The zero-order valence-corrected chi connectivity index (χ0v) is 14.7. The number of hydrogen-bond acceptors (Lipinski definition) is 5. The number of benzene rings is 2. The standard InChI is InChI=1S/C19H16ClNO5/c1-25-19(22)16(12-15-7-2-4-8-17(15)20)13-26-18-9-5-3-6-14(18)10-11-21(23)24/h2-12H,13H2,1H3/b11-10+,16-12+. The third kappa shape index (κ3) is 5.46. The number of ether oxygens (including phenoxy) is 2. The largest absolute Gasteiger partial charge is 0.488 e. The van der Waals surface area contributed by atoms with Crippen molar-refractivity contribution in [2.24, 2.45) is 0 Å². The van der Waals surface area contributed by atoms with Crippen molar-refractivity contribution in [2.75, 3.05) is 13.7 Å². The summed E-state index contributed by atoms with van der Waals surface area (Å²) in [6.07, 6.45) is 3.73. The zero-order chi connectivity index (χ0) is 18.9. The fourth-order valence-electron chi connectivity index (χ4n) is 2.12. The molecular formula is C19H16ClNO5. The van der Waals surface area contributed by atoms with Crippen LogP contribution in [0.2, 0.25) is 5.02 Å². The number of methoxy groups -OCH3 is 1. The van der Waals surface area contributed by atoms with Gasteiger partial charge in [0.2, 0.25) is 6.20 Å². The topological polar surface area (TPSA) is 78.7 Å². The molecule has 2 aromatic carbocycles. The van der Waals surface area contributed by atoms with Crippen LogP contribution in [0.25, 0.3) is 12.2 Å². The van der Waals surface area contributed by atoms with E-state index in [1.807, 2.05) is 0 Å². The van der Waals surface area contributed by atoms with Crippen LogP contribution in [-0.2, 0) is 9.53 Å². The maximum Gasteiger partial charge on any atom is 0.337 e. The van der Waals surface area contributed by atoms with Gasteiger partial charge in [-0.05, 0) is 23.8 Å². The molecule has 0 heterocycles. The van der Waals surface area contributed by atoms with E-state index in [0.29, 0.717) is 21.9 Å². The highest BCUT2D eigenvalue weighted by molar-refractivity contribution is 6.32. The number of rotatable bonds is 7. The second kappa shape index (κ2) is 9.39. The summed E-state index contributed by atoms with van der Waals surface area (Å²) in [7, 11) is 1.27. The lowest BCUT2D eigenvalue weighted by Crippen LogP contribution is -2.13. The third-order valence-corrected chi connectivity index (χ3v) is 3.70. The Labute approximate surface area is 155 Å². The molecule has 0 saturated carbocycles. The molecule has 26 heavy (non-hydrogen) atoms. The molecule has 134 valence electrons. The molecule has 0 aliphatic rings. The van der Waals surface area contributed by atoms with E-state index >= 15 is 0 Å². The van der Waals surface area contributed by atoms with Gasteiger partial charge >= 0.3 is 5.97 Å². The average molecular weight is 374 g/mol. The molecule has 0 bridgehead atoms. The van der Waals surface area contributed by atoms with E-state index in [-0.39, 0.29) is 12.2 Å². The molecule has 6 nitrogen and oxygen atoms in total. The Hall–Kier alpha value is -3.12. The Kier molecular flexibility index (Phi) is 6.93. The number of nitrogens with zero attached hydrogens (tertiary/aromatic N) is 1. The molecule has 0 fully saturated rings. The smallest absolute Gasteiger partial charge is 0.337 e. The summed E-state index contributed by atoms with van der Waals surface area (Å²) in [6.45, 7) is -0.0821. The van der Waals surface area contributed by atoms with Gasteiger partial charge in [-0.1, -0.05) is 48.0 Å². The molecule has 2 rings (SSSR count). The highest BCUT2D eigenvalue weighted by atomic mass is 35.5. The van der Waals surface area contributed by atoms with Gasteiger partial charge in [0.05, 0.1) is 17.6 Å². The predicted octanol–water partition coefficient (Wildman–Crippen LogP) is 4.22. The first-order chi connectivity index (χ1) is 12.5. The average Bonchev–Trinajstić information content (AvgIpc) is 2.64. The molecule has 0 aliphatic heterocycles. The van der Waals surface area contributed by atoms with Crippen LogP contribution in [0.4, 0.5) is 0 Å². The van der Waals surface area contributed by atoms with Crippen LogP contribution >= 0.6 is 11.6 Å². The van der Waals surface area contributed by atoms with Crippen molar-refractivity contribution in [1.29, 1.82) is 0 Å². The maximum absolute atomic E-state index is 12.0. The number of nitro groups is 1. The van der Waals surface area contributed by atoms with Gasteiger partial charge in [-0.3, -0.25) is 10.1 Å². The first-order valence-corrected chi connectivity index (χ1v) is 7.96. The number of hydrogen-bond donors (Lipinski definition) is 0. The molecule has 0 spiro atoms. The van der Waals surface area contributed by atoms with Crippen LogP contribution in [0.15, 0.2) is 60.3 Å². The number of para-hydroxylation sites is 1. The van der Waals surface area contributed by atoms with E-state index in [0.717, 1.165) is 6.20 Å². The Morgan fingerprint density at radius 1 is 1.15 bits per heavy atom. The van der Waals surface area contributed by atoms with Crippen LogP contribution in [0, 0.1) is 10.1 Å². The highest BCUT2D eigenvalue weighted by Crippen LogP contribution is 2.22. The molecular weight excluding hydrogens is 358 g/mol. The molecule has 0 aromatic heterocycles. The van der Waals surface area contributed by atoms with Crippen molar-refractivity contribution >= 4 is 29.7 Å². The van der Waals surface area contributed by atoms with Gasteiger partial charge in [-0.25, -0.2) is 4.79 Å². The van der Waals surface area contributed by atoms with Gasteiger partial charge in [0, 0.05) is 16.7 Å². The van der Waals surface area contributed by atoms with Crippen molar-refractivity contribution < 1.29 is 19.2 Å². The van der Waals surface area contributed by atoms with Gasteiger partial charge in [0.15, 0.2) is 0 Å². The molecule has 0 aliphatic carbocycles. The lowest BCUT2D eigenvalue weighted by Gasteiger charge is -2.11. The summed E-state index contributed by atoms with van der Waals surface area (Å²) in [5, 5.41) is 11.0. The van der Waals surface area contributed by atoms with Crippen LogP contribution in [0.5, 0.6) is 5.75 Å². The van der Waals surface area contributed by atoms with Gasteiger partial charge in [0.25, 0.3) is 0 Å². The summed E-state index contributed by atoms with van der Waals surface area (Å²) in [4.78, 5) is 22.0. The van der Waals surface area contributed by atoms with E-state index in [1.54, 1.807) is 54.6 Å². The Bertz CT molecular complexity index is 861. The molecule has 7 heteroatoms. The number of carbonyl (C=O) groups is 1. The Morgan fingerprint density at radius 3 is 2.46 bits per heavy atom. The van der Waals surface area contributed by atoms with Crippen molar-refractivity contribution in [3.8, 4) is 5.75 Å². The van der Waals surface area contributed by atoms with Crippen LogP contribution in [0.1, 0.15) is 11.1 Å². The zero-order valence-electron chi connectivity index (χ0n) is 13.9. The number of esters is 1. The van der Waals surface area contributed by atoms with Crippen LogP contribution in [0.3, 0.4) is 0 Å². The van der Waals surface area contributed by atoms with E-state index in [1.165, 1.54) is 13.2 Å². The van der Waals surface area contributed by atoms with E-state index in [2.05, 4.69) is 0 Å². The summed E-state index contributed by atoms with van der Waals surface area (Å²) < 4.78 is 10.5. The van der Waals surface area contributed by atoms with Gasteiger partial charge in [-0.15, -0.1) is 0 Å². The summed E-state index contributed by atoms with van der Waals surface area (Å²) >= 11 is 6.12.